The third-order valence-corrected chi connectivity index (χ3v) is 2.50. The Kier molecular flexibility index (Phi) is 3.79. The number of fused-ring (bicyclic) bond motifs is 1. The zero-order valence-electron chi connectivity index (χ0n) is 10.8. The number of hydrogen-bond donors (Lipinski definition) is 0. The zero-order valence-corrected chi connectivity index (χ0v) is 10.8. The van der Waals surface area contributed by atoms with Gasteiger partial charge in [0.05, 0.1) is 18.7 Å². The SMILES string of the molecule is CCOC(=O)c1nn(C(=O)OCC)c2ccccc12. The number of aromatic nitrogens is 2. The first-order valence-electron chi connectivity index (χ1n) is 6.01. The first kappa shape index (κ1) is 13.1. The molecular formula is C13H14N2O4. The van der Waals surface area contributed by atoms with Gasteiger partial charge in [-0.3, -0.25) is 0 Å². The lowest BCUT2D eigenvalue weighted by Gasteiger charge is -2.01. The molecule has 2 aromatic rings. The van der Waals surface area contributed by atoms with Crippen LogP contribution in [0.4, 0.5) is 4.79 Å². The van der Waals surface area contributed by atoms with Crippen LogP contribution in [0.5, 0.6) is 0 Å². The third-order valence-electron chi connectivity index (χ3n) is 2.50. The normalized spacial score (nSPS) is 10.4. The average Bonchev–Trinajstić information content (AvgIpc) is 2.79. The van der Waals surface area contributed by atoms with Crippen molar-refractivity contribution in [2.75, 3.05) is 13.2 Å². The summed E-state index contributed by atoms with van der Waals surface area (Å²) in [5.74, 6) is -0.554. The lowest BCUT2D eigenvalue weighted by Crippen LogP contribution is -2.16. The van der Waals surface area contributed by atoms with E-state index < -0.39 is 12.1 Å². The molecule has 0 amide bonds. The largest absolute Gasteiger partial charge is 0.461 e. The van der Waals surface area contributed by atoms with Crippen molar-refractivity contribution in [2.24, 2.45) is 0 Å². The first-order valence-corrected chi connectivity index (χ1v) is 6.01. The topological polar surface area (TPSA) is 70.4 Å². The number of nitrogens with zero attached hydrogens (tertiary/aromatic N) is 2. The van der Waals surface area contributed by atoms with Crippen molar-refractivity contribution in [1.82, 2.24) is 9.78 Å². The van der Waals surface area contributed by atoms with Gasteiger partial charge in [-0.15, -0.1) is 0 Å². The number of ether oxygens (including phenoxy) is 2. The number of rotatable bonds is 3. The minimum absolute atomic E-state index is 0.116. The summed E-state index contributed by atoms with van der Waals surface area (Å²) in [6.07, 6.45) is -0.616. The lowest BCUT2D eigenvalue weighted by atomic mass is 10.2. The van der Waals surface area contributed by atoms with Gasteiger partial charge in [-0.1, -0.05) is 18.2 Å². The molecule has 1 heterocycles. The minimum Gasteiger partial charge on any atom is -0.461 e. The molecular weight excluding hydrogens is 248 g/mol. The Hall–Kier alpha value is -2.37. The van der Waals surface area contributed by atoms with Crippen molar-refractivity contribution >= 4 is 23.0 Å². The summed E-state index contributed by atoms with van der Waals surface area (Å²) < 4.78 is 10.9. The van der Waals surface area contributed by atoms with E-state index in [4.69, 9.17) is 9.47 Å². The molecule has 0 atom stereocenters. The first-order chi connectivity index (χ1) is 9.19. The number of para-hydroxylation sites is 1. The van der Waals surface area contributed by atoms with Crippen LogP contribution in [-0.2, 0) is 9.47 Å². The van der Waals surface area contributed by atoms with Crippen LogP contribution in [-0.4, -0.2) is 35.1 Å². The second-order valence-electron chi connectivity index (χ2n) is 3.70. The summed E-state index contributed by atoms with van der Waals surface area (Å²) in [7, 11) is 0. The highest BCUT2D eigenvalue weighted by Gasteiger charge is 2.21. The molecule has 0 saturated carbocycles. The number of esters is 1. The van der Waals surface area contributed by atoms with E-state index in [0.717, 1.165) is 4.68 Å². The van der Waals surface area contributed by atoms with Gasteiger partial charge in [0.1, 0.15) is 0 Å². The summed E-state index contributed by atoms with van der Waals surface area (Å²) in [4.78, 5) is 23.6. The smallest absolute Gasteiger partial charge is 0.435 e. The Morgan fingerprint density at radius 1 is 1.16 bits per heavy atom. The molecule has 19 heavy (non-hydrogen) atoms. The van der Waals surface area contributed by atoms with Gasteiger partial charge in [-0.2, -0.15) is 9.78 Å². The number of benzene rings is 1. The second-order valence-corrected chi connectivity index (χ2v) is 3.70. The maximum absolute atomic E-state index is 11.8. The molecule has 0 unspecified atom stereocenters. The lowest BCUT2D eigenvalue weighted by molar-refractivity contribution is 0.0521. The number of carbonyl (C=O) groups excluding carboxylic acids is 2. The van der Waals surface area contributed by atoms with Gasteiger partial charge >= 0.3 is 12.1 Å². The van der Waals surface area contributed by atoms with Gasteiger partial charge in [0, 0.05) is 5.39 Å². The molecule has 1 aromatic carbocycles. The molecule has 1 aromatic heterocycles. The number of hydrogen-bond acceptors (Lipinski definition) is 5. The van der Waals surface area contributed by atoms with Crippen molar-refractivity contribution in [3.63, 3.8) is 0 Å². The minimum atomic E-state index is -0.616. The highest BCUT2D eigenvalue weighted by Crippen LogP contribution is 2.19. The quantitative estimate of drug-likeness (QED) is 0.793. The van der Waals surface area contributed by atoms with Crippen molar-refractivity contribution < 1.29 is 19.1 Å². The summed E-state index contributed by atoms with van der Waals surface area (Å²) in [6, 6.07) is 6.93. The predicted molar refractivity (Wildman–Crippen MR) is 68.1 cm³/mol. The van der Waals surface area contributed by atoms with Crippen LogP contribution in [0, 0.1) is 0 Å². The van der Waals surface area contributed by atoms with Crippen LogP contribution in [0.2, 0.25) is 0 Å². The van der Waals surface area contributed by atoms with E-state index in [-0.39, 0.29) is 18.9 Å². The Morgan fingerprint density at radius 2 is 1.84 bits per heavy atom. The summed E-state index contributed by atoms with van der Waals surface area (Å²) in [5.41, 5.74) is 0.634. The second kappa shape index (κ2) is 5.51. The monoisotopic (exact) mass is 262 g/mol. The molecule has 2 rings (SSSR count). The van der Waals surface area contributed by atoms with Crippen LogP contribution in [0.25, 0.3) is 10.9 Å². The van der Waals surface area contributed by atoms with Crippen LogP contribution < -0.4 is 0 Å². The molecule has 0 saturated heterocycles. The van der Waals surface area contributed by atoms with Crippen LogP contribution in [0.1, 0.15) is 24.3 Å². The van der Waals surface area contributed by atoms with Crippen molar-refractivity contribution in [3.8, 4) is 0 Å². The summed E-state index contributed by atoms with van der Waals surface area (Å²) in [6.45, 7) is 3.90. The summed E-state index contributed by atoms with van der Waals surface area (Å²) >= 11 is 0. The zero-order chi connectivity index (χ0) is 13.8. The maximum Gasteiger partial charge on any atom is 0.435 e. The van der Waals surface area contributed by atoms with E-state index >= 15 is 0 Å². The Balaban J connectivity index is 2.54. The standard InChI is InChI=1S/C13H14N2O4/c1-3-18-12(16)11-9-7-5-6-8-10(9)15(14-11)13(17)19-4-2/h5-8H,3-4H2,1-2H3. The fraction of sp³-hybridized carbons (Fsp3) is 0.308. The van der Waals surface area contributed by atoms with Crippen molar-refractivity contribution in [3.05, 3.63) is 30.0 Å². The Labute approximate surface area is 109 Å². The van der Waals surface area contributed by atoms with Crippen molar-refractivity contribution in [1.29, 1.82) is 0 Å². The number of carbonyl (C=O) groups is 2. The van der Waals surface area contributed by atoms with E-state index in [9.17, 15) is 9.59 Å². The molecule has 0 aliphatic heterocycles. The highest BCUT2D eigenvalue weighted by molar-refractivity contribution is 6.04. The molecule has 6 heteroatoms. The van der Waals surface area contributed by atoms with Gasteiger partial charge < -0.3 is 9.47 Å². The third kappa shape index (κ3) is 2.42. The van der Waals surface area contributed by atoms with Gasteiger partial charge in [0.15, 0.2) is 5.69 Å². The van der Waals surface area contributed by atoms with Gasteiger partial charge in [0.2, 0.25) is 0 Å². The molecule has 0 bridgehead atoms. The molecule has 0 fully saturated rings. The van der Waals surface area contributed by atoms with E-state index in [1.54, 1.807) is 38.1 Å². The fourth-order valence-electron chi connectivity index (χ4n) is 1.74. The van der Waals surface area contributed by atoms with E-state index in [1.807, 2.05) is 0 Å². The van der Waals surface area contributed by atoms with Gasteiger partial charge in [-0.25, -0.2) is 9.59 Å². The fourth-order valence-corrected chi connectivity index (χ4v) is 1.74. The van der Waals surface area contributed by atoms with E-state index in [2.05, 4.69) is 5.10 Å². The van der Waals surface area contributed by atoms with Crippen LogP contribution in [0.3, 0.4) is 0 Å². The van der Waals surface area contributed by atoms with Gasteiger partial charge in [0.25, 0.3) is 0 Å². The molecule has 0 N–H and O–H groups in total. The summed E-state index contributed by atoms with van der Waals surface area (Å²) in [5, 5.41) is 4.56. The van der Waals surface area contributed by atoms with Crippen LogP contribution in [0.15, 0.2) is 24.3 Å². The average molecular weight is 262 g/mol. The molecule has 0 aliphatic carbocycles. The van der Waals surface area contributed by atoms with Gasteiger partial charge in [-0.05, 0) is 19.9 Å². The van der Waals surface area contributed by atoms with Crippen molar-refractivity contribution in [2.45, 2.75) is 13.8 Å². The molecule has 0 spiro atoms. The predicted octanol–water partition coefficient (Wildman–Crippen LogP) is 2.22. The van der Waals surface area contributed by atoms with E-state index in [0.29, 0.717) is 10.9 Å². The van der Waals surface area contributed by atoms with E-state index in [1.165, 1.54) is 0 Å². The maximum atomic E-state index is 11.8. The molecule has 0 radical (unpaired) electrons. The molecule has 0 aliphatic rings. The molecule has 100 valence electrons. The Bertz CT molecular complexity index is 566. The highest BCUT2D eigenvalue weighted by atomic mass is 16.6. The molecule has 6 nitrogen and oxygen atoms in total. The van der Waals surface area contributed by atoms with Crippen LogP contribution >= 0.6 is 0 Å². The Morgan fingerprint density at radius 3 is 2.53 bits per heavy atom.